The number of unbranched alkanes of at least 4 members (excludes halogenated alkanes) is 1. The number of nitrogens with zero attached hydrogens (tertiary/aromatic N) is 1. The number of ether oxygens (including phenoxy) is 1. The molecule has 1 heterocycles. The molecule has 0 saturated carbocycles. The third-order valence-corrected chi connectivity index (χ3v) is 4.21. The van der Waals surface area contributed by atoms with Crippen LogP contribution in [0.15, 0.2) is 48.5 Å². The van der Waals surface area contributed by atoms with E-state index in [1.807, 2.05) is 53.4 Å². The van der Waals surface area contributed by atoms with Crippen molar-refractivity contribution >= 4 is 11.6 Å². The molecule has 120 valence electrons. The number of hydrogen-bond donors (Lipinski definition) is 1. The first-order valence-electron chi connectivity index (χ1n) is 8.05. The van der Waals surface area contributed by atoms with Gasteiger partial charge in [-0.15, -0.1) is 0 Å². The van der Waals surface area contributed by atoms with Gasteiger partial charge in [0.05, 0.1) is 12.7 Å². The molecule has 3 rings (SSSR count). The Morgan fingerprint density at radius 3 is 2.65 bits per heavy atom. The number of benzene rings is 2. The molecule has 23 heavy (non-hydrogen) atoms. The summed E-state index contributed by atoms with van der Waals surface area (Å²) in [7, 11) is 1.66. The molecule has 0 fully saturated rings. The predicted molar refractivity (Wildman–Crippen MR) is 91.7 cm³/mol. The van der Waals surface area contributed by atoms with E-state index in [4.69, 9.17) is 4.74 Å². The van der Waals surface area contributed by atoms with Crippen molar-refractivity contribution in [2.45, 2.75) is 25.9 Å². The molecule has 2 aromatic rings. The van der Waals surface area contributed by atoms with Crippen molar-refractivity contribution in [3.8, 4) is 5.75 Å². The summed E-state index contributed by atoms with van der Waals surface area (Å²) in [5, 5.41) is 3.50. The zero-order valence-corrected chi connectivity index (χ0v) is 13.6. The molecule has 0 aliphatic carbocycles. The Hall–Kier alpha value is -2.49. The molecule has 0 radical (unpaired) electrons. The highest BCUT2D eigenvalue weighted by Gasteiger charge is 2.33. The van der Waals surface area contributed by atoms with Gasteiger partial charge in [-0.05, 0) is 24.6 Å². The lowest BCUT2D eigenvalue weighted by molar-refractivity contribution is 0.0678. The van der Waals surface area contributed by atoms with Crippen molar-refractivity contribution in [3.05, 3.63) is 59.7 Å². The highest BCUT2D eigenvalue weighted by Crippen LogP contribution is 2.36. The van der Waals surface area contributed by atoms with Crippen molar-refractivity contribution in [2.24, 2.45) is 0 Å². The van der Waals surface area contributed by atoms with Crippen LogP contribution in [0.1, 0.15) is 41.9 Å². The van der Waals surface area contributed by atoms with Crippen molar-refractivity contribution < 1.29 is 9.53 Å². The highest BCUT2D eigenvalue weighted by molar-refractivity contribution is 6.01. The number of carbonyl (C=O) groups is 1. The van der Waals surface area contributed by atoms with Crippen LogP contribution >= 0.6 is 0 Å². The first-order valence-corrected chi connectivity index (χ1v) is 8.05. The average Bonchev–Trinajstić information content (AvgIpc) is 2.61. The predicted octanol–water partition coefficient (Wildman–Crippen LogP) is 4.06. The van der Waals surface area contributed by atoms with Gasteiger partial charge in [0.2, 0.25) is 0 Å². The number of fused-ring (bicyclic) bond motifs is 1. The van der Waals surface area contributed by atoms with Gasteiger partial charge in [0.1, 0.15) is 11.9 Å². The summed E-state index contributed by atoms with van der Waals surface area (Å²) >= 11 is 0. The maximum atomic E-state index is 13.0. The minimum absolute atomic E-state index is 0.0729. The van der Waals surface area contributed by atoms with Gasteiger partial charge in [-0.3, -0.25) is 4.79 Å². The molecule has 0 spiro atoms. The quantitative estimate of drug-likeness (QED) is 0.905. The van der Waals surface area contributed by atoms with E-state index in [9.17, 15) is 4.79 Å². The average molecular weight is 310 g/mol. The van der Waals surface area contributed by atoms with Crippen molar-refractivity contribution in [1.82, 2.24) is 4.90 Å². The molecule has 1 amide bonds. The van der Waals surface area contributed by atoms with E-state index in [-0.39, 0.29) is 12.1 Å². The van der Waals surface area contributed by atoms with E-state index in [0.717, 1.165) is 42.0 Å². The van der Waals surface area contributed by atoms with Gasteiger partial charge in [-0.1, -0.05) is 43.7 Å². The summed E-state index contributed by atoms with van der Waals surface area (Å²) in [6.45, 7) is 2.85. The number of hydrogen-bond acceptors (Lipinski definition) is 3. The van der Waals surface area contributed by atoms with Crippen LogP contribution in [0.3, 0.4) is 0 Å². The topological polar surface area (TPSA) is 41.6 Å². The molecule has 1 N–H and O–H groups in total. The number of amides is 1. The van der Waals surface area contributed by atoms with E-state index in [1.54, 1.807) is 7.11 Å². The number of nitrogens with one attached hydrogen (secondary N) is 1. The number of carbonyl (C=O) groups excluding carboxylic acids is 1. The Morgan fingerprint density at radius 1 is 1.13 bits per heavy atom. The van der Waals surface area contributed by atoms with Gasteiger partial charge >= 0.3 is 0 Å². The molecule has 0 bridgehead atoms. The summed E-state index contributed by atoms with van der Waals surface area (Å²) < 4.78 is 5.50. The van der Waals surface area contributed by atoms with Crippen LogP contribution in [-0.4, -0.2) is 24.5 Å². The molecule has 4 nitrogen and oxygen atoms in total. The molecule has 1 unspecified atom stereocenters. The Kier molecular flexibility index (Phi) is 4.51. The lowest BCUT2D eigenvalue weighted by atomic mass is 10.0. The summed E-state index contributed by atoms with van der Waals surface area (Å²) in [5.41, 5.74) is 2.59. The van der Waals surface area contributed by atoms with E-state index in [1.165, 1.54) is 0 Å². The number of para-hydroxylation sites is 2. The lowest BCUT2D eigenvalue weighted by Crippen LogP contribution is -2.43. The van der Waals surface area contributed by atoms with Crippen molar-refractivity contribution in [1.29, 1.82) is 0 Å². The number of methoxy groups -OCH3 is 1. The van der Waals surface area contributed by atoms with Crippen LogP contribution in [0, 0.1) is 0 Å². The Balaban J connectivity index is 2.04. The minimum atomic E-state index is -0.208. The van der Waals surface area contributed by atoms with Gasteiger partial charge in [-0.25, -0.2) is 0 Å². The normalized spacial score (nSPS) is 16.7. The third-order valence-electron chi connectivity index (χ3n) is 4.21. The molecular formula is C19H22N2O2. The lowest BCUT2D eigenvalue weighted by Gasteiger charge is -2.38. The van der Waals surface area contributed by atoms with Gasteiger partial charge in [-0.2, -0.15) is 0 Å². The molecule has 2 aromatic carbocycles. The van der Waals surface area contributed by atoms with Gasteiger partial charge in [0.25, 0.3) is 5.91 Å². The van der Waals surface area contributed by atoms with Gasteiger partial charge in [0.15, 0.2) is 0 Å². The van der Waals surface area contributed by atoms with Gasteiger partial charge in [0, 0.05) is 17.8 Å². The maximum Gasteiger partial charge on any atom is 0.257 e. The zero-order valence-electron chi connectivity index (χ0n) is 13.6. The molecule has 0 saturated heterocycles. The second-order valence-electron chi connectivity index (χ2n) is 5.69. The summed E-state index contributed by atoms with van der Waals surface area (Å²) in [6, 6.07) is 15.5. The van der Waals surface area contributed by atoms with E-state index in [2.05, 4.69) is 12.2 Å². The van der Waals surface area contributed by atoms with Crippen molar-refractivity contribution in [2.75, 3.05) is 19.0 Å². The summed E-state index contributed by atoms with van der Waals surface area (Å²) in [4.78, 5) is 14.9. The number of rotatable bonds is 5. The molecule has 4 heteroatoms. The molecule has 0 aromatic heterocycles. The monoisotopic (exact) mass is 310 g/mol. The Morgan fingerprint density at radius 2 is 1.87 bits per heavy atom. The van der Waals surface area contributed by atoms with Crippen LogP contribution < -0.4 is 10.1 Å². The molecule has 1 aliphatic heterocycles. The SMILES string of the molecule is CCCCN1C(=O)c2ccccc2NC1c1ccccc1OC. The Labute approximate surface area is 137 Å². The van der Waals surface area contributed by atoms with Crippen LogP contribution in [0.25, 0.3) is 0 Å². The van der Waals surface area contributed by atoms with Crippen molar-refractivity contribution in [3.63, 3.8) is 0 Å². The Bertz CT molecular complexity index is 699. The fourth-order valence-corrected chi connectivity index (χ4v) is 2.99. The highest BCUT2D eigenvalue weighted by atomic mass is 16.5. The van der Waals surface area contributed by atoms with Crippen LogP contribution in [-0.2, 0) is 0 Å². The van der Waals surface area contributed by atoms with E-state index < -0.39 is 0 Å². The van der Waals surface area contributed by atoms with E-state index >= 15 is 0 Å². The van der Waals surface area contributed by atoms with Crippen LogP contribution in [0.2, 0.25) is 0 Å². The second-order valence-corrected chi connectivity index (χ2v) is 5.69. The molecular weight excluding hydrogens is 288 g/mol. The fraction of sp³-hybridized carbons (Fsp3) is 0.316. The zero-order chi connectivity index (χ0) is 16.2. The van der Waals surface area contributed by atoms with Crippen LogP contribution in [0.5, 0.6) is 5.75 Å². The number of anilines is 1. The van der Waals surface area contributed by atoms with E-state index in [0.29, 0.717) is 0 Å². The fourth-order valence-electron chi connectivity index (χ4n) is 2.99. The van der Waals surface area contributed by atoms with Crippen LogP contribution in [0.4, 0.5) is 5.69 Å². The second kappa shape index (κ2) is 6.73. The molecule has 1 aliphatic rings. The minimum Gasteiger partial charge on any atom is -0.496 e. The molecule has 1 atom stereocenters. The maximum absolute atomic E-state index is 13.0. The largest absolute Gasteiger partial charge is 0.496 e. The third kappa shape index (κ3) is 2.89. The van der Waals surface area contributed by atoms with Gasteiger partial charge < -0.3 is 15.0 Å². The first kappa shape index (κ1) is 15.4. The first-order chi connectivity index (χ1) is 11.3. The summed E-state index contributed by atoms with van der Waals surface area (Å²) in [6.07, 6.45) is 1.81. The summed E-state index contributed by atoms with van der Waals surface area (Å²) in [5.74, 6) is 0.863. The standard InChI is InChI=1S/C19H22N2O2/c1-3-4-13-21-18(15-10-6-8-12-17(15)23-2)20-16-11-7-5-9-14(16)19(21)22/h5-12,18,20H,3-4,13H2,1-2H3. The smallest absolute Gasteiger partial charge is 0.257 e.